The number of aliphatic hydroxyl groups excluding tert-OH is 1. The molecule has 0 saturated carbocycles. The molecule has 1 heterocycles. The zero-order chi connectivity index (χ0) is 11.5. The lowest BCUT2D eigenvalue weighted by atomic mass is 9.80. The zero-order valence-corrected chi connectivity index (χ0v) is 10.3. The fraction of sp³-hybridized carbons (Fsp3) is 1.00. The quantitative estimate of drug-likeness (QED) is 0.733. The Labute approximate surface area is 93.0 Å². The first-order chi connectivity index (χ1) is 6.97. The summed E-state index contributed by atoms with van der Waals surface area (Å²) in [6.07, 6.45) is 4.28. The molecule has 0 amide bonds. The van der Waals surface area contributed by atoms with Gasteiger partial charge in [0.05, 0.1) is 11.7 Å². The van der Waals surface area contributed by atoms with Crippen molar-refractivity contribution in [1.82, 2.24) is 0 Å². The molecule has 2 unspecified atom stereocenters. The van der Waals surface area contributed by atoms with E-state index in [1.165, 1.54) is 0 Å². The highest BCUT2D eigenvalue weighted by atomic mass is 16.5. The summed E-state index contributed by atoms with van der Waals surface area (Å²) < 4.78 is 5.94. The molecule has 0 aromatic heterocycles. The molecule has 3 nitrogen and oxygen atoms in total. The van der Waals surface area contributed by atoms with E-state index in [0.717, 1.165) is 25.7 Å². The number of hydrogen-bond acceptors (Lipinski definition) is 3. The Bertz CT molecular complexity index is 192. The van der Waals surface area contributed by atoms with Crippen LogP contribution in [0.15, 0.2) is 0 Å². The molecule has 0 aromatic rings. The van der Waals surface area contributed by atoms with Crippen LogP contribution in [0.5, 0.6) is 0 Å². The number of aliphatic hydroxyl groups is 1. The average molecular weight is 215 g/mol. The summed E-state index contributed by atoms with van der Waals surface area (Å²) in [6.45, 7) is 7.05. The molecular weight excluding hydrogens is 190 g/mol. The molecule has 2 atom stereocenters. The van der Waals surface area contributed by atoms with Crippen LogP contribution in [0.2, 0.25) is 0 Å². The molecule has 1 aliphatic heterocycles. The largest absolute Gasteiger partial charge is 0.396 e. The molecular formula is C12H25NO2. The highest BCUT2D eigenvalue weighted by Crippen LogP contribution is 2.37. The van der Waals surface area contributed by atoms with Crippen LogP contribution in [0.3, 0.4) is 0 Å². The van der Waals surface area contributed by atoms with Gasteiger partial charge < -0.3 is 15.6 Å². The molecule has 0 spiro atoms. The van der Waals surface area contributed by atoms with Crippen LogP contribution in [0.25, 0.3) is 0 Å². The van der Waals surface area contributed by atoms with Gasteiger partial charge in [-0.25, -0.2) is 0 Å². The Kier molecular flexibility index (Phi) is 4.15. The number of rotatable bonds is 5. The van der Waals surface area contributed by atoms with Gasteiger partial charge in [-0.15, -0.1) is 0 Å². The fourth-order valence-corrected chi connectivity index (χ4v) is 2.32. The van der Waals surface area contributed by atoms with Gasteiger partial charge in [0.1, 0.15) is 0 Å². The minimum absolute atomic E-state index is 0.00814. The molecule has 0 aromatic carbocycles. The Morgan fingerprint density at radius 2 is 2.20 bits per heavy atom. The first-order valence-electron chi connectivity index (χ1n) is 5.96. The lowest BCUT2D eigenvalue weighted by Crippen LogP contribution is -2.37. The zero-order valence-electron chi connectivity index (χ0n) is 10.3. The topological polar surface area (TPSA) is 55.5 Å². The lowest BCUT2D eigenvalue weighted by molar-refractivity contribution is -0.0431. The highest BCUT2D eigenvalue weighted by molar-refractivity contribution is 4.87. The van der Waals surface area contributed by atoms with Crippen molar-refractivity contribution >= 4 is 0 Å². The van der Waals surface area contributed by atoms with Gasteiger partial charge in [0, 0.05) is 18.6 Å². The van der Waals surface area contributed by atoms with E-state index in [9.17, 15) is 5.11 Å². The second kappa shape index (κ2) is 4.81. The van der Waals surface area contributed by atoms with Gasteiger partial charge in [-0.05, 0) is 39.5 Å². The minimum atomic E-state index is -0.134. The molecule has 15 heavy (non-hydrogen) atoms. The van der Waals surface area contributed by atoms with E-state index in [-0.39, 0.29) is 23.7 Å². The third-order valence-corrected chi connectivity index (χ3v) is 3.73. The van der Waals surface area contributed by atoms with Crippen molar-refractivity contribution in [2.45, 2.75) is 58.2 Å². The van der Waals surface area contributed by atoms with Crippen molar-refractivity contribution in [3.63, 3.8) is 0 Å². The molecule has 0 bridgehead atoms. The van der Waals surface area contributed by atoms with E-state index in [4.69, 9.17) is 10.5 Å². The number of nitrogens with two attached hydrogens (primary N) is 1. The second-order valence-corrected chi connectivity index (χ2v) is 5.46. The molecule has 3 heteroatoms. The predicted octanol–water partition coefficient (Wildman–Crippen LogP) is 1.68. The van der Waals surface area contributed by atoms with E-state index in [1.54, 1.807) is 0 Å². The van der Waals surface area contributed by atoms with Crippen molar-refractivity contribution < 1.29 is 9.84 Å². The van der Waals surface area contributed by atoms with Gasteiger partial charge >= 0.3 is 0 Å². The van der Waals surface area contributed by atoms with Crippen LogP contribution in [0, 0.1) is 5.41 Å². The second-order valence-electron chi connectivity index (χ2n) is 5.46. The Balaban J connectivity index is 2.53. The van der Waals surface area contributed by atoms with Crippen LogP contribution in [-0.4, -0.2) is 30.0 Å². The fourth-order valence-electron chi connectivity index (χ4n) is 2.32. The maximum atomic E-state index is 9.43. The van der Waals surface area contributed by atoms with E-state index >= 15 is 0 Å². The van der Waals surface area contributed by atoms with Crippen LogP contribution in [0.4, 0.5) is 0 Å². The summed E-state index contributed by atoms with van der Waals surface area (Å²) in [7, 11) is 0. The van der Waals surface area contributed by atoms with Crippen LogP contribution in [-0.2, 0) is 4.74 Å². The molecule has 3 N–H and O–H groups in total. The van der Waals surface area contributed by atoms with Crippen molar-refractivity contribution in [3.05, 3.63) is 0 Å². The van der Waals surface area contributed by atoms with Crippen molar-refractivity contribution in [3.8, 4) is 0 Å². The van der Waals surface area contributed by atoms with Crippen molar-refractivity contribution in [1.29, 1.82) is 0 Å². The first-order valence-corrected chi connectivity index (χ1v) is 5.96. The Hall–Kier alpha value is -0.120. The summed E-state index contributed by atoms with van der Waals surface area (Å²) in [5.74, 6) is 0. The minimum Gasteiger partial charge on any atom is -0.396 e. The standard InChI is InChI=1S/C12H25NO2/c1-4-12(8-13,9-14)7-10-5-6-11(2,3)15-10/h10,14H,4-9,13H2,1-3H3. The van der Waals surface area contributed by atoms with E-state index in [2.05, 4.69) is 20.8 Å². The van der Waals surface area contributed by atoms with Gasteiger partial charge in [-0.3, -0.25) is 0 Å². The number of hydrogen-bond donors (Lipinski definition) is 2. The maximum Gasteiger partial charge on any atom is 0.0631 e. The molecule has 0 radical (unpaired) electrons. The monoisotopic (exact) mass is 215 g/mol. The van der Waals surface area contributed by atoms with Gasteiger partial charge in [0.15, 0.2) is 0 Å². The van der Waals surface area contributed by atoms with E-state index in [0.29, 0.717) is 6.54 Å². The van der Waals surface area contributed by atoms with Gasteiger partial charge in [-0.1, -0.05) is 6.92 Å². The average Bonchev–Trinajstić information content (AvgIpc) is 2.55. The predicted molar refractivity (Wildman–Crippen MR) is 61.7 cm³/mol. The Morgan fingerprint density at radius 1 is 1.53 bits per heavy atom. The van der Waals surface area contributed by atoms with E-state index in [1.807, 2.05) is 0 Å². The summed E-state index contributed by atoms with van der Waals surface area (Å²) >= 11 is 0. The summed E-state index contributed by atoms with van der Waals surface area (Å²) in [5.41, 5.74) is 5.63. The van der Waals surface area contributed by atoms with Crippen LogP contribution < -0.4 is 5.73 Å². The molecule has 1 saturated heterocycles. The van der Waals surface area contributed by atoms with E-state index < -0.39 is 0 Å². The summed E-state index contributed by atoms with van der Waals surface area (Å²) in [6, 6.07) is 0. The van der Waals surface area contributed by atoms with Gasteiger partial charge in [-0.2, -0.15) is 0 Å². The lowest BCUT2D eigenvalue weighted by Gasteiger charge is -2.32. The van der Waals surface area contributed by atoms with Crippen LogP contribution in [0.1, 0.15) is 46.5 Å². The molecule has 90 valence electrons. The Morgan fingerprint density at radius 3 is 2.53 bits per heavy atom. The van der Waals surface area contributed by atoms with Crippen molar-refractivity contribution in [2.75, 3.05) is 13.2 Å². The molecule has 1 fully saturated rings. The highest BCUT2D eigenvalue weighted by Gasteiger charge is 2.37. The van der Waals surface area contributed by atoms with Crippen molar-refractivity contribution in [2.24, 2.45) is 11.1 Å². The number of ether oxygens (including phenoxy) is 1. The molecule has 1 aliphatic rings. The maximum absolute atomic E-state index is 9.43. The molecule has 1 rings (SSSR count). The third kappa shape index (κ3) is 3.16. The third-order valence-electron chi connectivity index (χ3n) is 3.73. The normalized spacial score (nSPS) is 29.0. The molecule has 0 aliphatic carbocycles. The van der Waals surface area contributed by atoms with Gasteiger partial charge in [0.25, 0.3) is 0 Å². The first kappa shape index (κ1) is 12.9. The van der Waals surface area contributed by atoms with Gasteiger partial charge in [0.2, 0.25) is 0 Å². The smallest absolute Gasteiger partial charge is 0.0631 e. The SMILES string of the molecule is CCC(CN)(CO)CC1CCC(C)(C)O1. The summed E-state index contributed by atoms with van der Waals surface area (Å²) in [5, 5.41) is 9.43. The summed E-state index contributed by atoms with van der Waals surface area (Å²) in [4.78, 5) is 0. The van der Waals surface area contributed by atoms with Crippen LogP contribution >= 0.6 is 0 Å².